The highest BCUT2D eigenvalue weighted by Gasteiger charge is 2.25. The summed E-state index contributed by atoms with van der Waals surface area (Å²) in [6.07, 6.45) is 6.47. The molecule has 0 spiro atoms. The van der Waals surface area contributed by atoms with Crippen LogP contribution in [-0.4, -0.2) is 62.9 Å². The number of amides is 3. The van der Waals surface area contributed by atoms with Crippen molar-refractivity contribution in [3.05, 3.63) is 94.9 Å². The Bertz CT molecular complexity index is 1560. The Balaban J connectivity index is 1.19. The third kappa shape index (κ3) is 5.67. The molecule has 0 unspecified atom stereocenters. The number of halogens is 1. The summed E-state index contributed by atoms with van der Waals surface area (Å²) in [5, 5.41) is 9.93. The standard InChI is InChI=1S/C29H27ClN8O2/c30-24-18-32-28-34-23-14-19(16-31-17-23)6-7-21-15-22(33-26(24)36-28)8-9-25(21)35-29(40)38-12-10-37(11-13-38)27(39)20-4-2-1-3-5-20/h1-5,8-9,14-18H,6-7,10-13H2,(H,35,40)(H2,32,33,34,36). The molecule has 202 valence electrons. The lowest BCUT2D eigenvalue weighted by Crippen LogP contribution is -2.51. The van der Waals surface area contributed by atoms with Gasteiger partial charge in [-0.2, -0.15) is 4.98 Å². The van der Waals surface area contributed by atoms with Crippen molar-refractivity contribution < 1.29 is 9.59 Å². The lowest BCUT2D eigenvalue weighted by molar-refractivity contribution is 0.0671. The average Bonchev–Trinajstić information content (AvgIpc) is 2.99. The molecule has 10 nitrogen and oxygen atoms in total. The molecule has 6 rings (SSSR count). The second kappa shape index (κ2) is 11.2. The number of nitrogens with zero attached hydrogens (tertiary/aromatic N) is 5. The van der Waals surface area contributed by atoms with Crippen LogP contribution in [0, 0.1) is 0 Å². The number of fused-ring (bicyclic) bond motifs is 6. The first-order valence-corrected chi connectivity index (χ1v) is 13.4. The summed E-state index contributed by atoms with van der Waals surface area (Å²) in [6.45, 7) is 1.88. The zero-order valence-corrected chi connectivity index (χ0v) is 22.4. The number of rotatable bonds is 2. The summed E-state index contributed by atoms with van der Waals surface area (Å²) in [4.78, 5) is 42.7. The van der Waals surface area contributed by atoms with Gasteiger partial charge in [0.15, 0.2) is 5.82 Å². The second-order valence-electron chi connectivity index (χ2n) is 9.67. The van der Waals surface area contributed by atoms with Gasteiger partial charge in [0.1, 0.15) is 5.02 Å². The van der Waals surface area contributed by atoms with Crippen LogP contribution >= 0.6 is 11.6 Å². The minimum absolute atomic E-state index is 0.0142. The monoisotopic (exact) mass is 554 g/mol. The Morgan fingerprint density at radius 2 is 1.65 bits per heavy atom. The number of carbonyl (C=O) groups is 2. The first-order valence-electron chi connectivity index (χ1n) is 13.1. The molecule has 3 amide bonds. The molecule has 3 N–H and O–H groups in total. The number of anilines is 5. The fraction of sp³-hybridized carbons (Fsp3) is 0.207. The Hall–Kier alpha value is -4.70. The lowest BCUT2D eigenvalue weighted by Gasteiger charge is -2.35. The van der Waals surface area contributed by atoms with E-state index in [-0.39, 0.29) is 11.9 Å². The maximum Gasteiger partial charge on any atom is 0.321 e. The number of hydrogen-bond acceptors (Lipinski definition) is 7. The molecule has 11 heteroatoms. The zero-order chi connectivity index (χ0) is 27.5. The van der Waals surface area contributed by atoms with Gasteiger partial charge >= 0.3 is 6.03 Å². The third-order valence-electron chi connectivity index (χ3n) is 6.96. The molecule has 1 saturated heterocycles. The molecular weight excluding hydrogens is 528 g/mol. The van der Waals surface area contributed by atoms with Crippen molar-refractivity contribution >= 4 is 52.4 Å². The van der Waals surface area contributed by atoms with Crippen molar-refractivity contribution in [1.82, 2.24) is 24.8 Å². The van der Waals surface area contributed by atoms with E-state index in [1.807, 2.05) is 60.8 Å². The molecule has 2 aliphatic rings. The number of carbonyl (C=O) groups excluding carboxylic acids is 2. The fourth-order valence-electron chi connectivity index (χ4n) is 4.82. The van der Waals surface area contributed by atoms with Crippen LogP contribution in [0.2, 0.25) is 5.02 Å². The number of pyridine rings is 1. The van der Waals surface area contributed by atoms with Crippen LogP contribution in [0.5, 0.6) is 0 Å². The predicted molar refractivity (Wildman–Crippen MR) is 155 cm³/mol. The Morgan fingerprint density at radius 3 is 2.48 bits per heavy atom. The van der Waals surface area contributed by atoms with E-state index in [0.29, 0.717) is 61.4 Å². The molecule has 6 bridgehead atoms. The number of aryl methyl sites for hydroxylation is 2. The van der Waals surface area contributed by atoms with E-state index in [9.17, 15) is 9.59 Å². The van der Waals surface area contributed by atoms with Crippen molar-refractivity contribution in [2.24, 2.45) is 0 Å². The van der Waals surface area contributed by atoms with E-state index < -0.39 is 0 Å². The quantitative estimate of drug-likeness (QED) is 0.316. The topological polar surface area (TPSA) is 115 Å². The highest BCUT2D eigenvalue weighted by Crippen LogP contribution is 2.29. The van der Waals surface area contributed by atoms with Crippen LogP contribution in [0.4, 0.5) is 33.6 Å². The van der Waals surface area contributed by atoms with Crippen LogP contribution in [0.1, 0.15) is 21.5 Å². The lowest BCUT2D eigenvalue weighted by atomic mass is 10.0. The van der Waals surface area contributed by atoms with Gasteiger partial charge in [-0.3, -0.25) is 9.78 Å². The number of hydrogen-bond donors (Lipinski definition) is 3. The molecule has 2 aromatic heterocycles. The Labute approximate surface area is 236 Å². The summed E-state index contributed by atoms with van der Waals surface area (Å²) in [5.74, 6) is 0.854. The van der Waals surface area contributed by atoms with Crippen molar-refractivity contribution in [3.8, 4) is 0 Å². The van der Waals surface area contributed by atoms with Crippen LogP contribution in [-0.2, 0) is 12.8 Å². The molecule has 0 atom stereocenters. The van der Waals surface area contributed by atoms with Crippen molar-refractivity contribution in [2.75, 3.05) is 42.1 Å². The van der Waals surface area contributed by atoms with E-state index in [1.165, 1.54) is 0 Å². The van der Waals surface area contributed by atoms with Gasteiger partial charge < -0.3 is 25.8 Å². The molecule has 4 aromatic rings. The molecule has 0 radical (unpaired) electrons. The second-order valence-corrected chi connectivity index (χ2v) is 10.1. The van der Waals surface area contributed by atoms with Crippen LogP contribution in [0.15, 0.2) is 73.2 Å². The number of aromatic nitrogens is 3. The zero-order valence-electron chi connectivity index (χ0n) is 21.6. The van der Waals surface area contributed by atoms with Crippen LogP contribution < -0.4 is 16.0 Å². The van der Waals surface area contributed by atoms with Gasteiger partial charge in [-0.05, 0) is 60.4 Å². The van der Waals surface area contributed by atoms with Crippen molar-refractivity contribution in [3.63, 3.8) is 0 Å². The smallest absolute Gasteiger partial charge is 0.321 e. The summed E-state index contributed by atoms with van der Waals surface area (Å²) < 4.78 is 0. The fourth-order valence-corrected chi connectivity index (χ4v) is 4.96. The number of nitrogens with one attached hydrogen (secondary N) is 3. The predicted octanol–water partition coefficient (Wildman–Crippen LogP) is 5.10. The molecule has 0 aliphatic carbocycles. The molecule has 0 saturated carbocycles. The van der Waals surface area contributed by atoms with Gasteiger partial charge in [0.25, 0.3) is 5.91 Å². The largest absolute Gasteiger partial charge is 0.339 e. The van der Waals surface area contributed by atoms with Gasteiger partial charge in [0.2, 0.25) is 5.95 Å². The maximum atomic E-state index is 13.3. The SMILES string of the molecule is O=C(Nc1ccc2cc1CCc1cncc(c1)Nc1ncc(Cl)c(n1)N2)N1CCN(C(=O)c2ccccc2)CC1. The normalized spacial score (nSPS) is 14.5. The minimum Gasteiger partial charge on any atom is -0.339 e. The first-order chi connectivity index (χ1) is 19.5. The van der Waals surface area contributed by atoms with Gasteiger partial charge in [0, 0.05) is 49.3 Å². The first kappa shape index (κ1) is 25.6. The molecular formula is C29H27ClN8O2. The minimum atomic E-state index is -0.192. The molecule has 4 heterocycles. The molecule has 1 fully saturated rings. The van der Waals surface area contributed by atoms with Crippen LogP contribution in [0.25, 0.3) is 0 Å². The van der Waals surface area contributed by atoms with Gasteiger partial charge in [0.05, 0.1) is 18.1 Å². The van der Waals surface area contributed by atoms with Crippen LogP contribution in [0.3, 0.4) is 0 Å². The summed E-state index contributed by atoms with van der Waals surface area (Å²) >= 11 is 6.37. The van der Waals surface area contributed by atoms with E-state index in [1.54, 1.807) is 22.2 Å². The van der Waals surface area contributed by atoms with E-state index in [0.717, 1.165) is 28.2 Å². The van der Waals surface area contributed by atoms with Gasteiger partial charge in [-0.1, -0.05) is 29.8 Å². The Morgan fingerprint density at radius 1 is 0.850 bits per heavy atom. The van der Waals surface area contributed by atoms with E-state index >= 15 is 0 Å². The molecule has 2 aliphatic heterocycles. The highest BCUT2D eigenvalue weighted by atomic mass is 35.5. The Kier molecular flexibility index (Phi) is 7.15. The maximum absolute atomic E-state index is 13.3. The summed E-state index contributed by atoms with van der Waals surface area (Å²) in [5.41, 5.74) is 4.94. The summed E-state index contributed by atoms with van der Waals surface area (Å²) in [7, 11) is 0. The number of piperazine rings is 1. The van der Waals surface area contributed by atoms with E-state index in [4.69, 9.17) is 11.6 Å². The molecule has 40 heavy (non-hydrogen) atoms. The van der Waals surface area contributed by atoms with Crippen molar-refractivity contribution in [1.29, 1.82) is 0 Å². The number of urea groups is 1. The van der Waals surface area contributed by atoms with Gasteiger partial charge in [-0.15, -0.1) is 0 Å². The van der Waals surface area contributed by atoms with Gasteiger partial charge in [-0.25, -0.2) is 9.78 Å². The third-order valence-corrected chi connectivity index (χ3v) is 7.24. The molecule has 2 aromatic carbocycles. The van der Waals surface area contributed by atoms with Crippen molar-refractivity contribution in [2.45, 2.75) is 12.8 Å². The summed E-state index contributed by atoms with van der Waals surface area (Å²) in [6, 6.07) is 16.8. The highest BCUT2D eigenvalue weighted by molar-refractivity contribution is 6.32. The van der Waals surface area contributed by atoms with E-state index in [2.05, 4.69) is 30.9 Å². The number of benzene rings is 2. The average molecular weight is 555 g/mol.